The minimum absolute atomic E-state index is 0.493. The van der Waals surface area contributed by atoms with Gasteiger partial charge in [-0.1, -0.05) is 54.6 Å². The summed E-state index contributed by atoms with van der Waals surface area (Å²) in [6, 6.07) is 18.4. The van der Waals surface area contributed by atoms with Crippen LogP contribution in [-0.4, -0.2) is 50.3 Å². The van der Waals surface area contributed by atoms with E-state index in [0.717, 1.165) is 56.9 Å². The molecule has 1 saturated heterocycles. The van der Waals surface area contributed by atoms with Crippen LogP contribution in [0.5, 0.6) is 0 Å². The highest BCUT2D eigenvalue weighted by molar-refractivity contribution is 5.77. The Bertz CT molecular complexity index is 746. The zero-order valence-electron chi connectivity index (χ0n) is 17.1. The Morgan fingerprint density at radius 3 is 2.52 bits per heavy atom. The third kappa shape index (κ3) is 7.85. The van der Waals surface area contributed by atoms with Crippen LogP contribution in [0.15, 0.2) is 59.6 Å². The van der Waals surface area contributed by atoms with Gasteiger partial charge in [-0.05, 0) is 29.7 Å². The molecule has 0 unspecified atom stereocenters. The van der Waals surface area contributed by atoms with E-state index < -0.39 is 0 Å². The number of rotatable bonds is 10. The maximum absolute atomic E-state index is 6.04. The molecular weight excluding hydrogens is 364 g/mol. The lowest BCUT2D eigenvalue weighted by Crippen LogP contribution is -2.39. The molecule has 0 spiro atoms. The first-order valence-electron chi connectivity index (χ1n) is 10.3. The molecule has 2 aromatic rings. The molecule has 1 aliphatic heterocycles. The molecule has 2 aromatic carbocycles. The molecule has 0 bridgehead atoms. The molecule has 1 aliphatic rings. The third-order valence-electron chi connectivity index (χ3n) is 4.97. The maximum atomic E-state index is 6.04. The van der Waals surface area contributed by atoms with E-state index in [2.05, 4.69) is 39.5 Å². The van der Waals surface area contributed by atoms with Gasteiger partial charge >= 0.3 is 0 Å². The minimum atomic E-state index is 0.493. The van der Waals surface area contributed by atoms with Gasteiger partial charge < -0.3 is 20.5 Å². The van der Waals surface area contributed by atoms with Gasteiger partial charge in [0.2, 0.25) is 0 Å². The van der Waals surface area contributed by atoms with Crippen molar-refractivity contribution in [3.63, 3.8) is 0 Å². The number of morpholine rings is 1. The molecule has 29 heavy (non-hydrogen) atoms. The average Bonchev–Trinajstić information content (AvgIpc) is 2.77. The molecule has 0 aromatic heterocycles. The quantitative estimate of drug-likeness (QED) is 0.367. The number of aliphatic imine (C=N–C) groups is 1. The molecule has 1 heterocycles. The van der Waals surface area contributed by atoms with E-state index in [1.807, 2.05) is 30.3 Å². The standard InChI is InChI=1S/C23H32N4O2/c24-23(25-11-6-12-27-13-15-28-16-14-27)26-17-21-9-4-5-10-22(21)19-29-18-20-7-2-1-3-8-20/h1-5,7-10H,6,11-19H2,(H3,24,25,26). The number of guanidine groups is 1. The molecule has 6 nitrogen and oxygen atoms in total. The zero-order valence-corrected chi connectivity index (χ0v) is 17.1. The van der Waals surface area contributed by atoms with Crippen LogP contribution in [0.1, 0.15) is 23.1 Å². The first-order valence-corrected chi connectivity index (χ1v) is 10.3. The fraction of sp³-hybridized carbons (Fsp3) is 0.435. The molecule has 1 fully saturated rings. The average molecular weight is 397 g/mol. The van der Waals surface area contributed by atoms with Gasteiger partial charge in [-0.15, -0.1) is 0 Å². The van der Waals surface area contributed by atoms with E-state index in [4.69, 9.17) is 15.2 Å². The monoisotopic (exact) mass is 396 g/mol. The summed E-state index contributed by atoms with van der Waals surface area (Å²) in [4.78, 5) is 6.92. The second-order valence-electron chi connectivity index (χ2n) is 7.18. The van der Waals surface area contributed by atoms with Crippen LogP contribution in [0.3, 0.4) is 0 Å². The Morgan fingerprint density at radius 2 is 1.72 bits per heavy atom. The van der Waals surface area contributed by atoms with E-state index in [-0.39, 0.29) is 0 Å². The normalized spacial score (nSPS) is 15.4. The number of benzene rings is 2. The van der Waals surface area contributed by atoms with Crippen LogP contribution in [-0.2, 0) is 29.2 Å². The SMILES string of the molecule is NC(=NCc1ccccc1COCc1ccccc1)NCCCN1CCOCC1. The maximum Gasteiger partial charge on any atom is 0.188 e. The van der Waals surface area contributed by atoms with E-state index in [1.165, 1.54) is 5.56 Å². The summed E-state index contributed by atoms with van der Waals surface area (Å²) in [6.07, 6.45) is 1.04. The van der Waals surface area contributed by atoms with E-state index in [0.29, 0.717) is 25.7 Å². The van der Waals surface area contributed by atoms with Crippen molar-refractivity contribution in [2.45, 2.75) is 26.2 Å². The molecule has 0 saturated carbocycles. The Morgan fingerprint density at radius 1 is 1.00 bits per heavy atom. The summed E-state index contributed by atoms with van der Waals surface area (Å²) in [5.41, 5.74) is 9.50. The van der Waals surface area contributed by atoms with Gasteiger partial charge in [0.05, 0.1) is 33.0 Å². The number of hydrogen-bond acceptors (Lipinski definition) is 4. The summed E-state index contributed by atoms with van der Waals surface area (Å²) in [6.45, 7) is 7.32. The fourth-order valence-electron chi connectivity index (χ4n) is 3.28. The minimum Gasteiger partial charge on any atom is -0.379 e. The van der Waals surface area contributed by atoms with Crippen LogP contribution >= 0.6 is 0 Å². The van der Waals surface area contributed by atoms with Crippen molar-refractivity contribution >= 4 is 5.96 Å². The second kappa shape index (κ2) is 12.2. The number of ether oxygens (including phenoxy) is 2. The molecule has 156 valence electrons. The second-order valence-corrected chi connectivity index (χ2v) is 7.18. The van der Waals surface area contributed by atoms with Crippen molar-refractivity contribution in [3.8, 4) is 0 Å². The molecule has 6 heteroatoms. The zero-order chi connectivity index (χ0) is 20.2. The smallest absolute Gasteiger partial charge is 0.188 e. The van der Waals surface area contributed by atoms with Gasteiger partial charge in [0, 0.05) is 19.6 Å². The molecule has 3 rings (SSSR count). The third-order valence-corrected chi connectivity index (χ3v) is 4.97. The molecule has 0 radical (unpaired) electrons. The topological polar surface area (TPSA) is 72.1 Å². The molecule has 0 aliphatic carbocycles. The number of nitrogens with zero attached hydrogens (tertiary/aromatic N) is 2. The van der Waals surface area contributed by atoms with Crippen molar-refractivity contribution in [3.05, 3.63) is 71.3 Å². The van der Waals surface area contributed by atoms with Gasteiger partial charge in [0.25, 0.3) is 0 Å². The summed E-state index contributed by atoms with van der Waals surface area (Å²) < 4.78 is 11.3. The fourth-order valence-corrected chi connectivity index (χ4v) is 3.28. The van der Waals surface area contributed by atoms with Gasteiger partial charge in [-0.25, -0.2) is 4.99 Å². The van der Waals surface area contributed by atoms with Crippen molar-refractivity contribution in [2.24, 2.45) is 10.7 Å². The van der Waals surface area contributed by atoms with Crippen molar-refractivity contribution in [1.29, 1.82) is 0 Å². The van der Waals surface area contributed by atoms with E-state index in [9.17, 15) is 0 Å². The van der Waals surface area contributed by atoms with Crippen molar-refractivity contribution in [2.75, 3.05) is 39.4 Å². The van der Waals surface area contributed by atoms with Gasteiger partial charge in [-0.3, -0.25) is 4.90 Å². The predicted molar refractivity (Wildman–Crippen MR) is 117 cm³/mol. The lowest BCUT2D eigenvalue weighted by atomic mass is 10.1. The summed E-state index contributed by atoms with van der Waals surface area (Å²) in [5, 5.41) is 3.22. The van der Waals surface area contributed by atoms with Gasteiger partial charge in [0.1, 0.15) is 0 Å². The van der Waals surface area contributed by atoms with Gasteiger partial charge in [-0.2, -0.15) is 0 Å². The number of hydrogen-bond donors (Lipinski definition) is 2. The molecule has 0 atom stereocenters. The highest BCUT2D eigenvalue weighted by Gasteiger charge is 2.09. The lowest BCUT2D eigenvalue weighted by molar-refractivity contribution is 0.0376. The van der Waals surface area contributed by atoms with Crippen molar-refractivity contribution in [1.82, 2.24) is 10.2 Å². The van der Waals surface area contributed by atoms with E-state index >= 15 is 0 Å². The summed E-state index contributed by atoms with van der Waals surface area (Å²) in [5.74, 6) is 0.493. The van der Waals surface area contributed by atoms with Crippen LogP contribution in [0.25, 0.3) is 0 Å². The lowest BCUT2D eigenvalue weighted by Gasteiger charge is -2.26. The molecular formula is C23H32N4O2. The molecule has 3 N–H and O–H groups in total. The molecule has 0 amide bonds. The predicted octanol–water partition coefficient (Wildman–Crippen LogP) is 2.53. The van der Waals surface area contributed by atoms with E-state index in [1.54, 1.807) is 0 Å². The first-order chi connectivity index (χ1) is 14.3. The van der Waals surface area contributed by atoms with Crippen LogP contribution < -0.4 is 11.1 Å². The van der Waals surface area contributed by atoms with Crippen LogP contribution in [0.2, 0.25) is 0 Å². The highest BCUT2D eigenvalue weighted by Crippen LogP contribution is 2.13. The summed E-state index contributed by atoms with van der Waals surface area (Å²) >= 11 is 0. The Balaban J connectivity index is 1.39. The van der Waals surface area contributed by atoms with Crippen molar-refractivity contribution < 1.29 is 9.47 Å². The Hall–Kier alpha value is -2.41. The van der Waals surface area contributed by atoms with Gasteiger partial charge in [0.15, 0.2) is 5.96 Å². The summed E-state index contributed by atoms with van der Waals surface area (Å²) in [7, 11) is 0. The van der Waals surface area contributed by atoms with Crippen LogP contribution in [0, 0.1) is 0 Å². The first kappa shape index (κ1) is 21.3. The number of nitrogens with two attached hydrogens (primary N) is 1. The largest absolute Gasteiger partial charge is 0.379 e. The highest BCUT2D eigenvalue weighted by atomic mass is 16.5. The Kier molecular flexibility index (Phi) is 8.97. The Labute approximate surface area is 173 Å². The van der Waals surface area contributed by atoms with Crippen LogP contribution in [0.4, 0.5) is 0 Å². The number of nitrogens with one attached hydrogen (secondary N) is 1.